The van der Waals surface area contributed by atoms with Gasteiger partial charge in [-0.2, -0.15) is 13.2 Å². The average molecular weight is 482 g/mol. The molecule has 1 aromatic heterocycles. The second kappa shape index (κ2) is 9.43. The van der Waals surface area contributed by atoms with E-state index < -0.39 is 30.6 Å². The van der Waals surface area contributed by atoms with Gasteiger partial charge in [0.15, 0.2) is 0 Å². The van der Waals surface area contributed by atoms with Gasteiger partial charge >= 0.3 is 6.18 Å². The van der Waals surface area contributed by atoms with Gasteiger partial charge in [0.1, 0.15) is 12.2 Å². The number of hydrogen-bond acceptors (Lipinski definition) is 6. The fourth-order valence-electron chi connectivity index (χ4n) is 6.18. The molecule has 4 heterocycles. The SMILES string of the molecule is O=C(c1ncccc1C1CCC2C3NNCC3C(=O)N(CC(F)(F)F)C2C1)N1CCCOCC1. The Labute approximate surface area is 196 Å². The molecule has 1 saturated carbocycles. The molecule has 0 radical (unpaired) electrons. The van der Waals surface area contributed by atoms with Gasteiger partial charge in [-0.25, -0.2) is 0 Å². The lowest BCUT2D eigenvalue weighted by atomic mass is 9.67. The number of halogens is 3. The predicted molar refractivity (Wildman–Crippen MR) is 116 cm³/mol. The Kier molecular flexibility index (Phi) is 6.51. The van der Waals surface area contributed by atoms with E-state index in [2.05, 4.69) is 15.8 Å². The maximum Gasteiger partial charge on any atom is 0.406 e. The van der Waals surface area contributed by atoms with Gasteiger partial charge in [0.2, 0.25) is 5.91 Å². The third-order valence-corrected chi connectivity index (χ3v) is 7.70. The molecule has 5 unspecified atom stereocenters. The van der Waals surface area contributed by atoms with Crippen molar-refractivity contribution in [2.24, 2.45) is 11.8 Å². The second-order valence-corrected chi connectivity index (χ2v) is 9.68. The van der Waals surface area contributed by atoms with Gasteiger partial charge in [-0.1, -0.05) is 6.07 Å². The molecule has 1 aliphatic carbocycles. The number of rotatable bonds is 3. The monoisotopic (exact) mass is 481 g/mol. The van der Waals surface area contributed by atoms with Crippen molar-refractivity contribution in [3.05, 3.63) is 29.6 Å². The van der Waals surface area contributed by atoms with E-state index >= 15 is 0 Å². The summed E-state index contributed by atoms with van der Waals surface area (Å²) in [6, 6.07) is 2.91. The van der Waals surface area contributed by atoms with Crippen molar-refractivity contribution in [2.45, 2.75) is 49.9 Å². The molecule has 3 aliphatic heterocycles. The quantitative estimate of drug-likeness (QED) is 0.684. The molecule has 2 N–H and O–H groups in total. The average Bonchev–Trinajstić information content (AvgIpc) is 3.16. The molecule has 4 aliphatic rings. The number of nitrogens with one attached hydrogen (secondary N) is 2. The fourth-order valence-corrected chi connectivity index (χ4v) is 6.18. The van der Waals surface area contributed by atoms with Crippen LogP contribution in [0.2, 0.25) is 0 Å². The van der Waals surface area contributed by atoms with Gasteiger partial charge in [-0.05, 0) is 49.1 Å². The predicted octanol–water partition coefficient (Wildman–Crippen LogP) is 1.69. The first-order valence-electron chi connectivity index (χ1n) is 12.0. The molecule has 2 amide bonds. The summed E-state index contributed by atoms with van der Waals surface area (Å²) in [5, 5.41) is 0. The van der Waals surface area contributed by atoms with Crippen molar-refractivity contribution in [2.75, 3.05) is 39.4 Å². The Balaban J connectivity index is 1.42. The third-order valence-electron chi connectivity index (χ3n) is 7.70. The number of carbonyl (C=O) groups is 2. The lowest BCUT2D eigenvalue weighted by Crippen LogP contribution is -2.63. The lowest BCUT2D eigenvalue weighted by molar-refractivity contribution is -0.178. The Morgan fingerprint density at radius 1 is 1.24 bits per heavy atom. The van der Waals surface area contributed by atoms with Gasteiger partial charge in [0, 0.05) is 44.5 Å². The summed E-state index contributed by atoms with van der Waals surface area (Å²) in [6.45, 7) is 1.25. The van der Waals surface area contributed by atoms with Crippen molar-refractivity contribution < 1.29 is 27.5 Å². The summed E-state index contributed by atoms with van der Waals surface area (Å²) in [5.74, 6) is -1.33. The van der Waals surface area contributed by atoms with Crippen LogP contribution in [0.25, 0.3) is 0 Å². The van der Waals surface area contributed by atoms with Crippen LogP contribution in [0, 0.1) is 11.8 Å². The van der Waals surface area contributed by atoms with E-state index in [0.29, 0.717) is 51.4 Å². The number of ether oxygens (including phenoxy) is 1. The molecular weight excluding hydrogens is 451 g/mol. The zero-order valence-electron chi connectivity index (χ0n) is 18.9. The highest BCUT2D eigenvalue weighted by molar-refractivity contribution is 5.94. The van der Waals surface area contributed by atoms with Crippen LogP contribution in [0.15, 0.2) is 18.3 Å². The van der Waals surface area contributed by atoms with Gasteiger partial charge in [-0.15, -0.1) is 0 Å². The van der Waals surface area contributed by atoms with Crippen LogP contribution in [0.3, 0.4) is 0 Å². The van der Waals surface area contributed by atoms with Crippen LogP contribution < -0.4 is 10.9 Å². The summed E-state index contributed by atoms with van der Waals surface area (Å²) in [5.41, 5.74) is 7.23. The molecule has 4 fully saturated rings. The number of pyridine rings is 1. The first-order valence-corrected chi connectivity index (χ1v) is 12.0. The van der Waals surface area contributed by atoms with Crippen molar-refractivity contribution in [1.29, 1.82) is 0 Å². The maximum atomic E-state index is 13.4. The molecule has 34 heavy (non-hydrogen) atoms. The van der Waals surface area contributed by atoms with Crippen molar-refractivity contribution in [3.8, 4) is 0 Å². The van der Waals surface area contributed by atoms with E-state index in [-0.39, 0.29) is 23.8 Å². The smallest absolute Gasteiger partial charge is 0.380 e. The molecule has 0 aromatic carbocycles. The highest BCUT2D eigenvalue weighted by atomic mass is 19.4. The largest absolute Gasteiger partial charge is 0.406 e. The number of carbonyl (C=O) groups excluding carboxylic acids is 2. The van der Waals surface area contributed by atoms with Gasteiger partial charge < -0.3 is 14.5 Å². The molecule has 5 atom stereocenters. The van der Waals surface area contributed by atoms with Gasteiger partial charge in [0.05, 0.1) is 12.5 Å². The molecule has 0 bridgehead atoms. The first kappa shape index (κ1) is 23.5. The van der Waals surface area contributed by atoms with Crippen molar-refractivity contribution >= 4 is 11.8 Å². The minimum atomic E-state index is -4.47. The number of piperidine rings is 1. The molecule has 0 spiro atoms. The number of amides is 2. The first-order chi connectivity index (χ1) is 16.3. The molecular formula is C23H30F3N5O3. The molecule has 3 saturated heterocycles. The number of hydrogen-bond donors (Lipinski definition) is 2. The summed E-state index contributed by atoms with van der Waals surface area (Å²) >= 11 is 0. The number of likely N-dealkylation sites (tertiary alicyclic amines) is 1. The number of hydrazine groups is 1. The summed E-state index contributed by atoms with van der Waals surface area (Å²) < 4.78 is 45.8. The zero-order valence-corrected chi connectivity index (χ0v) is 18.9. The standard InChI is InChI=1S/C23H30F3N5O3/c24-23(25,26)13-31-18-11-14(4-5-16(18)19-17(21(31)32)12-28-29-19)15-3-1-6-27-20(15)22(33)30-7-2-9-34-10-8-30/h1,3,6,14,16-19,28-29H,2,4-5,7-13H2. The van der Waals surface area contributed by atoms with Gasteiger partial charge in [0.25, 0.3) is 5.91 Å². The zero-order chi connectivity index (χ0) is 23.9. The normalized spacial score (nSPS) is 32.2. The topological polar surface area (TPSA) is 86.8 Å². The number of fused-ring (bicyclic) bond motifs is 3. The van der Waals surface area contributed by atoms with Crippen LogP contribution in [-0.2, 0) is 9.53 Å². The highest BCUT2D eigenvalue weighted by Crippen LogP contribution is 2.45. The van der Waals surface area contributed by atoms with Crippen molar-refractivity contribution in [3.63, 3.8) is 0 Å². The minimum Gasteiger partial charge on any atom is -0.380 e. The number of aromatic nitrogens is 1. The Hall–Kier alpha value is -2.24. The summed E-state index contributed by atoms with van der Waals surface area (Å²) in [4.78, 5) is 33.6. The number of nitrogens with zero attached hydrogens (tertiary/aromatic N) is 3. The molecule has 8 nitrogen and oxygen atoms in total. The summed E-state index contributed by atoms with van der Waals surface area (Å²) in [6.07, 6.45) is -0.354. The lowest BCUT2D eigenvalue weighted by Gasteiger charge is -2.50. The number of alkyl halides is 3. The summed E-state index contributed by atoms with van der Waals surface area (Å²) in [7, 11) is 0. The Morgan fingerprint density at radius 3 is 2.91 bits per heavy atom. The maximum absolute atomic E-state index is 13.4. The Morgan fingerprint density at radius 2 is 2.09 bits per heavy atom. The van der Waals surface area contributed by atoms with Gasteiger partial charge in [-0.3, -0.25) is 25.4 Å². The molecule has 11 heteroatoms. The van der Waals surface area contributed by atoms with Crippen LogP contribution in [0.4, 0.5) is 13.2 Å². The van der Waals surface area contributed by atoms with E-state index in [4.69, 9.17) is 4.74 Å². The van der Waals surface area contributed by atoms with E-state index in [0.717, 1.165) is 23.3 Å². The highest BCUT2D eigenvalue weighted by Gasteiger charge is 2.54. The molecule has 1 aromatic rings. The van der Waals surface area contributed by atoms with Crippen LogP contribution in [-0.4, -0.2) is 84.3 Å². The van der Waals surface area contributed by atoms with Crippen molar-refractivity contribution in [1.82, 2.24) is 25.6 Å². The van der Waals surface area contributed by atoms with E-state index in [1.807, 2.05) is 6.07 Å². The van der Waals surface area contributed by atoms with Crippen LogP contribution in [0.1, 0.15) is 47.7 Å². The third kappa shape index (κ3) is 4.52. The molecule has 5 rings (SSSR count). The van der Waals surface area contributed by atoms with Crippen LogP contribution >= 0.6 is 0 Å². The van der Waals surface area contributed by atoms with E-state index in [1.54, 1.807) is 17.2 Å². The fraction of sp³-hybridized carbons (Fsp3) is 0.696. The van der Waals surface area contributed by atoms with E-state index in [9.17, 15) is 22.8 Å². The second-order valence-electron chi connectivity index (χ2n) is 9.68. The van der Waals surface area contributed by atoms with Crippen LogP contribution in [0.5, 0.6) is 0 Å². The Bertz CT molecular complexity index is 921. The minimum absolute atomic E-state index is 0.0742. The molecule has 186 valence electrons. The van der Waals surface area contributed by atoms with E-state index in [1.165, 1.54) is 0 Å².